The molecule has 0 spiro atoms. The topological polar surface area (TPSA) is 62.3 Å². The summed E-state index contributed by atoms with van der Waals surface area (Å²) < 4.78 is 27.7. The Morgan fingerprint density at radius 3 is 2.33 bits per heavy atom. The van der Waals surface area contributed by atoms with Gasteiger partial charge in [0.2, 0.25) is 0 Å². The molecule has 0 amide bonds. The zero-order valence-electron chi connectivity index (χ0n) is 14.1. The van der Waals surface area contributed by atoms with Gasteiger partial charge in [0.1, 0.15) is 5.82 Å². The van der Waals surface area contributed by atoms with E-state index in [1.54, 1.807) is 18.3 Å². The molecule has 2 aromatic rings. The Morgan fingerprint density at radius 2 is 1.79 bits per heavy atom. The van der Waals surface area contributed by atoms with Gasteiger partial charge in [-0.3, -0.25) is 9.62 Å². The second-order valence-electron chi connectivity index (χ2n) is 5.57. The zero-order chi connectivity index (χ0) is 17.9. The van der Waals surface area contributed by atoms with Crippen molar-refractivity contribution < 1.29 is 8.42 Å². The van der Waals surface area contributed by atoms with Gasteiger partial charge >= 0.3 is 0 Å². The first-order valence-electron chi connectivity index (χ1n) is 7.38. The van der Waals surface area contributed by atoms with Crippen LogP contribution in [-0.2, 0) is 10.0 Å². The lowest BCUT2D eigenvalue weighted by molar-refractivity contribution is 0.606. The first kappa shape index (κ1) is 17.7. The number of benzene rings is 1. The number of sulfonamides is 1. The summed E-state index contributed by atoms with van der Waals surface area (Å²) >= 11 is 0. The molecule has 0 atom stereocenters. The lowest BCUT2D eigenvalue weighted by Gasteiger charge is -2.23. The van der Waals surface area contributed by atoms with Crippen LogP contribution in [0.15, 0.2) is 60.9 Å². The second kappa shape index (κ2) is 6.88. The molecule has 2 rings (SSSR count). The van der Waals surface area contributed by atoms with E-state index in [-0.39, 0.29) is 5.03 Å². The summed E-state index contributed by atoms with van der Waals surface area (Å²) in [4.78, 5) is 5.67. The summed E-state index contributed by atoms with van der Waals surface area (Å²) in [5, 5.41) is -0.141. The predicted octanol–water partition coefficient (Wildman–Crippen LogP) is 3.87. The standard InChI is InChI=1S/C18H21N3O2S/c1-6-21(18-15(4)11-14(3)12-19-18)16(5)24(22,23)20-17-9-7-13(2)8-10-17/h6-12,20H,1,5H2,2-4H3. The fourth-order valence-electron chi connectivity index (χ4n) is 2.23. The Hall–Kier alpha value is -2.60. The number of nitrogens with one attached hydrogen (secondary N) is 1. The van der Waals surface area contributed by atoms with Crippen LogP contribution >= 0.6 is 0 Å². The first-order valence-corrected chi connectivity index (χ1v) is 8.86. The smallest absolute Gasteiger partial charge is 0.277 e. The molecule has 1 heterocycles. The Bertz CT molecular complexity index is 872. The van der Waals surface area contributed by atoms with E-state index in [0.717, 1.165) is 16.7 Å². The van der Waals surface area contributed by atoms with Gasteiger partial charge in [0.05, 0.1) is 0 Å². The second-order valence-corrected chi connectivity index (χ2v) is 7.25. The maximum atomic E-state index is 12.6. The van der Waals surface area contributed by atoms with Crippen LogP contribution in [0.2, 0.25) is 0 Å². The molecule has 0 bridgehead atoms. The van der Waals surface area contributed by atoms with Crippen LogP contribution in [0.4, 0.5) is 11.5 Å². The monoisotopic (exact) mass is 343 g/mol. The van der Waals surface area contributed by atoms with Crippen molar-refractivity contribution in [2.75, 3.05) is 9.62 Å². The molecule has 0 radical (unpaired) electrons. The van der Waals surface area contributed by atoms with Gasteiger partial charge in [0.15, 0.2) is 5.03 Å². The summed E-state index contributed by atoms with van der Waals surface area (Å²) in [6.45, 7) is 13.1. The van der Waals surface area contributed by atoms with Gasteiger partial charge in [-0.15, -0.1) is 0 Å². The molecule has 126 valence electrons. The number of aryl methyl sites for hydroxylation is 3. The van der Waals surface area contributed by atoms with Crippen molar-refractivity contribution in [2.24, 2.45) is 0 Å². The van der Waals surface area contributed by atoms with Gasteiger partial charge in [-0.25, -0.2) is 4.98 Å². The summed E-state index contributed by atoms with van der Waals surface area (Å²) in [6.07, 6.45) is 3.06. The van der Waals surface area contributed by atoms with E-state index in [4.69, 9.17) is 0 Å². The number of aromatic nitrogens is 1. The van der Waals surface area contributed by atoms with Gasteiger partial charge in [0, 0.05) is 18.1 Å². The molecular formula is C18H21N3O2S. The Morgan fingerprint density at radius 1 is 1.17 bits per heavy atom. The van der Waals surface area contributed by atoms with Gasteiger partial charge in [-0.1, -0.05) is 36.9 Å². The van der Waals surface area contributed by atoms with Crippen LogP contribution in [0.3, 0.4) is 0 Å². The normalized spacial score (nSPS) is 11.0. The maximum Gasteiger partial charge on any atom is 0.277 e. The molecule has 0 aliphatic heterocycles. The van der Waals surface area contributed by atoms with Crippen molar-refractivity contribution in [3.05, 3.63) is 77.6 Å². The predicted molar refractivity (Wildman–Crippen MR) is 99.2 cm³/mol. The van der Waals surface area contributed by atoms with Gasteiger partial charge in [-0.05, 0) is 44.0 Å². The van der Waals surface area contributed by atoms with E-state index in [2.05, 4.69) is 22.9 Å². The number of hydrogen-bond donors (Lipinski definition) is 1. The molecule has 24 heavy (non-hydrogen) atoms. The van der Waals surface area contributed by atoms with Gasteiger partial charge < -0.3 is 0 Å². The van der Waals surface area contributed by atoms with Crippen LogP contribution in [0.5, 0.6) is 0 Å². The summed E-state index contributed by atoms with van der Waals surface area (Å²) in [7, 11) is -3.84. The Balaban J connectivity index is 2.32. The van der Waals surface area contributed by atoms with Crippen LogP contribution in [0.25, 0.3) is 0 Å². The minimum atomic E-state index is -3.84. The minimum absolute atomic E-state index is 0.141. The molecular weight excluding hydrogens is 322 g/mol. The molecule has 6 heteroatoms. The average molecular weight is 343 g/mol. The summed E-state index contributed by atoms with van der Waals surface area (Å²) in [6, 6.07) is 8.99. The minimum Gasteiger partial charge on any atom is -0.291 e. The number of nitrogens with zero attached hydrogens (tertiary/aromatic N) is 2. The molecule has 1 N–H and O–H groups in total. The highest BCUT2D eigenvalue weighted by atomic mass is 32.2. The average Bonchev–Trinajstić information content (AvgIpc) is 2.52. The van der Waals surface area contributed by atoms with E-state index in [0.29, 0.717) is 11.5 Å². The van der Waals surface area contributed by atoms with Crippen LogP contribution in [0, 0.1) is 20.8 Å². The number of hydrogen-bond acceptors (Lipinski definition) is 4. The lowest BCUT2D eigenvalue weighted by atomic mass is 10.2. The van der Waals surface area contributed by atoms with E-state index < -0.39 is 10.0 Å². The van der Waals surface area contributed by atoms with Crippen molar-refractivity contribution in [1.82, 2.24) is 4.98 Å². The molecule has 0 saturated carbocycles. The number of pyridine rings is 1. The van der Waals surface area contributed by atoms with E-state index in [9.17, 15) is 8.42 Å². The van der Waals surface area contributed by atoms with Crippen molar-refractivity contribution in [3.8, 4) is 0 Å². The van der Waals surface area contributed by atoms with Crippen LogP contribution in [-0.4, -0.2) is 13.4 Å². The quantitative estimate of drug-likeness (QED) is 0.865. The Labute approximate surface area is 143 Å². The molecule has 0 unspecified atom stereocenters. The largest absolute Gasteiger partial charge is 0.291 e. The van der Waals surface area contributed by atoms with E-state index in [1.807, 2.05) is 39.0 Å². The van der Waals surface area contributed by atoms with Crippen LogP contribution < -0.4 is 9.62 Å². The van der Waals surface area contributed by atoms with Crippen molar-refractivity contribution in [2.45, 2.75) is 20.8 Å². The third-order valence-electron chi connectivity index (χ3n) is 3.48. The highest BCUT2D eigenvalue weighted by molar-refractivity contribution is 7.96. The van der Waals surface area contributed by atoms with E-state index in [1.165, 1.54) is 11.1 Å². The molecule has 0 aliphatic carbocycles. The van der Waals surface area contributed by atoms with Gasteiger partial charge in [0.25, 0.3) is 10.0 Å². The highest BCUT2D eigenvalue weighted by Gasteiger charge is 2.23. The van der Waals surface area contributed by atoms with E-state index >= 15 is 0 Å². The Kier molecular flexibility index (Phi) is 5.09. The van der Waals surface area contributed by atoms with Crippen molar-refractivity contribution in [3.63, 3.8) is 0 Å². The highest BCUT2D eigenvalue weighted by Crippen LogP contribution is 2.25. The van der Waals surface area contributed by atoms with Gasteiger partial charge in [-0.2, -0.15) is 8.42 Å². The zero-order valence-corrected chi connectivity index (χ0v) is 14.9. The molecule has 1 aromatic heterocycles. The summed E-state index contributed by atoms with van der Waals surface area (Å²) in [5.74, 6) is 0.481. The fourth-order valence-corrected chi connectivity index (χ4v) is 3.22. The number of rotatable bonds is 6. The van der Waals surface area contributed by atoms with Crippen molar-refractivity contribution in [1.29, 1.82) is 0 Å². The maximum absolute atomic E-state index is 12.6. The third kappa shape index (κ3) is 3.83. The fraction of sp³-hybridized carbons (Fsp3) is 0.167. The number of anilines is 2. The van der Waals surface area contributed by atoms with Crippen molar-refractivity contribution >= 4 is 21.5 Å². The first-order chi connectivity index (χ1) is 11.2. The molecule has 5 nitrogen and oxygen atoms in total. The third-order valence-corrected chi connectivity index (χ3v) is 4.80. The molecule has 0 aliphatic rings. The molecule has 1 aromatic carbocycles. The van der Waals surface area contributed by atoms with Crippen LogP contribution in [0.1, 0.15) is 16.7 Å². The lowest BCUT2D eigenvalue weighted by Crippen LogP contribution is -2.27. The molecule has 0 fully saturated rings. The molecule has 0 saturated heterocycles. The summed E-state index contributed by atoms with van der Waals surface area (Å²) in [5.41, 5.74) is 3.34. The SMILES string of the molecule is C=CN(C(=C)S(=O)(=O)Nc1ccc(C)cc1)c1ncc(C)cc1C.